The van der Waals surface area contributed by atoms with Gasteiger partial charge < -0.3 is 10.4 Å². The van der Waals surface area contributed by atoms with Crippen LogP contribution < -0.4 is 5.32 Å². The van der Waals surface area contributed by atoms with Crippen molar-refractivity contribution in [1.82, 2.24) is 9.62 Å². The third-order valence-corrected chi connectivity index (χ3v) is 6.04. The fourth-order valence-electron chi connectivity index (χ4n) is 3.02. The molecule has 25 heavy (non-hydrogen) atoms. The van der Waals surface area contributed by atoms with Gasteiger partial charge in [0.15, 0.2) is 0 Å². The van der Waals surface area contributed by atoms with Crippen molar-refractivity contribution < 1.29 is 18.3 Å². The van der Waals surface area contributed by atoms with Gasteiger partial charge in [-0.2, -0.15) is 0 Å². The summed E-state index contributed by atoms with van der Waals surface area (Å²) < 4.78 is 24.4. The highest BCUT2D eigenvalue weighted by Crippen LogP contribution is 2.20. The van der Waals surface area contributed by atoms with E-state index in [1.807, 2.05) is 30.3 Å². The van der Waals surface area contributed by atoms with E-state index in [1.165, 1.54) is 10.6 Å². The molecule has 1 aromatic rings. The molecule has 1 atom stereocenters. The van der Waals surface area contributed by atoms with E-state index in [9.17, 15) is 18.3 Å². The molecule has 1 aliphatic rings. The zero-order chi connectivity index (χ0) is 18.5. The molecule has 1 amide bonds. The van der Waals surface area contributed by atoms with Crippen molar-refractivity contribution in [3.05, 3.63) is 35.9 Å². The smallest absolute Gasteiger partial charge is 0.223 e. The van der Waals surface area contributed by atoms with Gasteiger partial charge in [-0.05, 0) is 38.2 Å². The lowest BCUT2D eigenvalue weighted by atomic mass is 9.94. The third-order valence-electron chi connectivity index (χ3n) is 4.73. The molecule has 0 spiro atoms. The Labute approximate surface area is 150 Å². The van der Waals surface area contributed by atoms with Crippen molar-refractivity contribution in [1.29, 1.82) is 0 Å². The summed E-state index contributed by atoms with van der Waals surface area (Å²) in [6.45, 7) is 2.68. The maximum atomic E-state index is 12.3. The predicted molar refractivity (Wildman–Crippen MR) is 97.5 cm³/mol. The Balaban J connectivity index is 1.75. The van der Waals surface area contributed by atoms with E-state index in [2.05, 4.69) is 5.32 Å². The minimum atomic E-state index is -3.18. The number of hydrogen-bond acceptors (Lipinski definition) is 4. The van der Waals surface area contributed by atoms with Gasteiger partial charge in [0.25, 0.3) is 0 Å². The van der Waals surface area contributed by atoms with Crippen LogP contribution in [0.15, 0.2) is 30.3 Å². The fourth-order valence-corrected chi connectivity index (χ4v) is 3.89. The maximum absolute atomic E-state index is 12.3. The van der Waals surface area contributed by atoms with E-state index < -0.39 is 15.6 Å². The molecule has 2 N–H and O–H groups in total. The van der Waals surface area contributed by atoms with Crippen LogP contribution >= 0.6 is 0 Å². The number of nitrogens with one attached hydrogen (secondary N) is 1. The Kier molecular flexibility index (Phi) is 6.59. The van der Waals surface area contributed by atoms with Gasteiger partial charge in [-0.1, -0.05) is 30.3 Å². The Bertz CT molecular complexity index is 666. The Morgan fingerprint density at radius 1 is 1.28 bits per heavy atom. The lowest BCUT2D eigenvalue weighted by Crippen LogP contribution is -2.46. The number of aryl methyl sites for hydroxylation is 1. The molecule has 1 unspecified atom stereocenters. The number of hydrogen-bond donors (Lipinski definition) is 2. The SMILES string of the molecule is CC(O)(CCc1ccccc1)CNC(=O)C1CCN(S(C)(=O)=O)CC1. The topological polar surface area (TPSA) is 86.7 Å². The molecule has 2 rings (SSSR count). The van der Waals surface area contributed by atoms with Crippen LogP contribution in [0.2, 0.25) is 0 Å². The normalized spacial score (nSPS) is 19.3. The van der Waals surface area contributed by atoms with Crippen LogP contribution in [0.5, 0.6) is 0 Å². The minimum absolute atomic E-state index is 0.104. The average Bonchev–Trinajstić information content (AvgIpc) is 2.58. The molecular formula is C18H28N2O4S. The zero-order valence-corrected chi connectivity index (χ0v) is 15.8. The Morgan fingerprint density at radius 2 is 1.88 bits per heavy atom. The number of amides is 1. The summed E-state index contributed by atoms with van der Waals surface area (Å²) in [6.07, 6.45) is 3.54. The summed E-state index contributed by atoms with van der Waals surface area (Å²) >= 11 is 0. The molecular weight excluding hydrogens is 340 g/mol. The second kappa shape index (κ2) is 8.29. The van der Waals surface area contributed by atoms with Gasteiger partial charge in [0.05, 0.1) is 11.9 Å². The summed E-state index contributed by atoms with van der Waals surface area (Å²) in [5, 5.41) is 13.3. The molecule has 6 nitrogen and oxygen atoms in total. The predicted octanol–water partition coefficient (Wildman–Crippen LogP) is 1.16. The monoisotopic (exact) mass is 368 g/mol. The van der Waals surface area contributed by atoms with Gasteiger partial charge in [-0.25, -0.2) is 12.7 Å². The lowest BCUT2D eigenvalue weighted by Gasteiger charge is -2.30. The van der Waals surface area contributed by atoms with Crippen molar-refractivity contribution >= 4 is 15.9 Å². The molecule has 0 aromatic heterocycles. The van der Waals surface area contributed by atoms with Gasteiger partial charge in [-0.3, -0.25) is 4.79 Å². The zero-order valence-electron chi connectivity index (χ0n) is 14.9. The number of piperidine rings is 1. The van der Waals surface area contributed by atoms with Crippen molar-refractivity contribution in [3.63, 3.8) is 0 Å². The second-order valence-electron chi connectivity index (χ2n) is 7.14. The van der Waals surface area contributed by atoms with Crippen molar-refractivity contribution in [2.75, 3.05) is 25.9 Å². The van der Waals surface area contributed by atoms with Crippen molar-refractivity contribution in [3.8, 4) is 0 Å². The second-order valence-corrected chi connectivity index (χ2v) is 9.12. The van der Waals surface area contributed by atoms with Crippen LogP contribution in [0.3, 0.4) is 0 Å². The van der Waals surface area contributed by atoms with Crippen LogP contribution in [-0.2, 0) is 21.2 Å². The summed E-state index contributed by atoms with van der Waals surface area (Å²) in [5.74, 6) is -0.295. The molecule has 7 heteroatoms. The fraction of sp³-hybridized carbons (Fsp3) is 0.611. The highest BCUT2D eigenvalue weighted by Gasteiger charge is 2.30. The van der Waals surface area contributed by atoms with Gasteiger partial charge in [-0.15, -0.1) is 0 Å². The first kappa shape index (κ1) is 19.9. The molecule has 1 saturated heterocycles. The highest BCUT2D eigenvalue weighted by molar-refractivity contribution is 7.88. The van der Waals surface area contributed by atoms with Crippen molar-refractivity contribution in [2.45, 2.75) is 38.2 Å². The molecule has 0 aliphatic carbocycles. The molecule has 1 aromatic carbocycles. The summed E-state index contributed by atoms with van der Waals surface area (Å²) in [4.78, 5) is 12.3. The van der Waals surface area contributed by atoms with E-state index in [1.54, 1.807) is 6.92 Å². The number of aliphatic hydroxyl groups is 1. The van der Waals surface area contributed by atoms with Gasteiger partial charge in [0, 0.05) is 25.6 Å². The minimum Gasteiger partial charge on any atom is -0.388 e. The van der Waals surface area contributed by atoms with Crippen LogP contribution in [0, 0.1) is 5.92 Å². The number of nitrogens with zero attached hydrogens (tertiary/aromatic N) is 1. The van der Waals surface area contributed by atoms with Crippen LogP contribution in [0.1, 0.15) is 31.7 Å². The number of sulfonamides is 1. The van der Waals surface area contributed by atoms with E-state index >= 15 is 0 Å². The van der Waals surface area contributed by atoms with Crippen LogP contribution in [0.25, 0.3) is 0 Å². The van der Waals surface area contributed by atoms with Crippen LogP contribution in [-0.4, -0.2) is 55.2 Å². The highest BCUT2D eigenvalue weighted by atomic mass is 32.2. The largest absolute Gasteiger partial charge is 0.388 e. The van der Waals surface area contributed by atoms with Crippen molar-refractivity contribution in [2.24, 2.45) is 5.92 Å². The van der Waals surface area contributed by atoms with E-state index in [0.717, 1.165) is 12.0 Å². The quantitative estimate of drug-likeness (QED) is 0.756. The molecule has 1 aliphatic heterocycles. The Morgan fingerprint density at radius 3 is 2.44 bits per heavy atom. The van der Waals surface area contributed by atoms with Gasteiger partial charge >= 0.3 is 0 Å². The lowest BCUT2D eigenvalue weighted by molar-refractivity contribution is -0.127. The Hall–Kier alpha value is -1.44. The number of rotatable bonds is 7. The first-order chi connectivity index (χ1) is 11.7. The summed E-state index contributed by atoms with van der Waals surface area (Å²) in [6, 6.07) is 9.93. The van der Waals surface area contributed by atoms with E-state index in [-0.39, 0.29) is 18.4 Å². The first-order valence-electron chi connectivity index (χ1n) is 8.66. The standard InChI is InChI=1S/C18H28N2O4S/c1-18(22,11-8-15-6-4-3-5-7-15)14-19-17(21)16-9-12-20(13-10-16)25(2,23)24/h3-7,16,22H,8-14H2,1-2H3,(H,19,21). The molecule has 0 radical (unpaired) electrons. The van der Waals surface area contributed by atoms with Gasteiger partial charge in [0.2, 0.25) is 15.9 Å². The molecule has 0 saturated carbocycles. The number of carbonyl (C=O) groups is 1. The summed E-state index contributed by atoms with van der Waals surface area (Å²) in [5.41, 5.74) is 0.182. The van der Waals surface area contributed by atoms with E-state index in [4.69, 9.17) is 0 Å². The first-order valence-corrected chi connectivity index (χ1v) is 10.5. The van der Waals surface area contributed by atoms with Gasteiger partial charge in [0.1, 0.15) is 0 Å². The molecule has 1 fully saturated rings. The molecule has 1 heterocycles. The average molecular weight is 368 g/mol. The molecule has 140 valence electrons. The number of carbonyl (C=O) groups excluding carboxylic acids is 1. The van der Waals surface area contributed by atoms with Crippen LogP contribution in [0.4, 0.5) is 0 Å². The van der Waals surface area contributed by atoms with E-state index in [0.29, 0.717) is 32.4 Å². The molecule has 0 bridgehead atoms. The number of benzene rings is 1. The maximum Gasteiger partial charge on any atom is 0.223 e. The third kappa shape index (κ3) is 6.41. The summed E-state index contributed by atoms with van der Waals surface area (Å²) in [7, 11) is -3.18.